The van der Waals surface area contributed by atoms with Crippen LogP contribution in [0.4, 0.5) is 0 Å². The third-order valence-corrected chi connectivity index (χ3v) is 11.5. The Bertz CT molecular complexity index is 3200. The van der Waals surface area contributed by atoms with Crippen LogP contribution in [0.25, 0.3) is 109 Å². The monoisotopic (exact) mass is 707 g/mol. The van der Waals surface area contributed by atoms with E-state index in [0.717, 1.165) is 77.9 Å². The van der Waals surface area contributed by atoms with E-state index in [1.807, 2.05) is 53.8 Å². The van der Waals surface area contributed by atoms with Gasteiger partial charge < -0.3 is 4.42 Å². The molecule has 7 aromatic carbocycles. The van der Waals surface area contributed by atoms with Crippen LogP contribution in [0.5, 0.6) is 0 Å². The fourth-order valence-electron chi connectivity index (χ4n) is 7.68. The molecule has 11 rings (SSSR count). The molecule has 0 saturated carbocycles. The van der Waals surface area contributed by atoms with Gasteiger partial charge in [-0.25, -0.2) is 15.0 Å². The Morgan fingerprint density at radius 3 is 1.80 bits per heavy atom. The highest BCUT2D eigenvalue weighted by Gasteiger charge is 2.18. The minimum absolute atomic E-state index is 0.630. The van der Waals surface area contributed by atoms with E-state index in [-0.39, 0.29) is 0 Å². The molecule has 0 aliphatic carbocycles. The van der Waals surface area contributed by atoms with Gasteiger partial charge in [0.2, 0.25) is 0 Å². The molecule has 4 heterocycles. The fraction of sp³-hybridized carbons (Fsp3) is 0. The van der Waals surface area contributed by atoms with Crippen LogP contribution in [-0.4, -0.2) is 15.0 Å². The van der Waals surface area contributed by atoms with Gasteiger partial charge in [0.25, 0.3) is 0 Å². The van der Waals surface area contributed by atoms with Crippen molar-refractivity contribution in [3.63, 3.8) is 0 Å². The van der Waals surface area contributed by atoms with Crippen molar-refractivity contribution in [1.82, 2.24) is 15.0 Å². The first kappa shape index (κ1) is 30.7. The van der Waals surface area contributed by atoms with Gasteiger partial charge in [0, 0.05) is 48.3 Å². The molecule has 0 saturated heterocycles. The summed E-state index contributed by atoms with van der Waals surface area (Å²) in [7, 11) is 0. The first-order chi connectivity index (χ1) is 26.7. The van der Waals surface area contributed by atoms with Gasteiger partial charge in [-0.1, -0.05) is 146 Å². The molecule has 54 heavy (non-hydrogen) atoms. The summed E-state index contributed by atoms with van der Waals surface area (Å²) in [5.74, 6) is 0.630. The second-order valence-electron chi connectivity index (χ2n) is 13.5. The molecule has 0 N–H and O–H groups in total. The maximum Gasteiger partial charge on any atom is 0.164 e. The van der Waals surface area contributed by atoms with E-state index in [2.05, 4.69) is 133 Å². The molecule has 0 aliphatic rings. The highest BCUT2D eigenvalue weighted by molar-refractivity contribution is 7.26. The molecule has 0 amide bonds. The molecular formula is C49H29N3OS. The molecular weight excluding hydrogens is 679 g/mol. The quantitative estimate of drug-likeness (QED) is 0.179. The van der Waals surface area contributed by atoms with Crippen molar-refractivity contribution in [3.8, 4) is 56.3 Å². The number of thiophene rings is 1. The lowest BCUT2D eigenvalue weighted by atomic mass is 9.99. The van der Waals surface area contributed by atoms with Gasteiger partial charge in [-0.15, -0.1) is 11.3 Å². The average Bonchev–Trinajstić information content (AvgIpc) is 3.83. The van der Waals surface area contributed by atoms with Gasteiger partial charge >= 0.3 is 0 Å². The van der Waals surface area contributed by atoms with Crippen molar-refractivity contribution in [2.75, 3.05) is 0 Å². The smallest absolute Gasteiger partial charge is 0.164 e. The lowest BCUT2D eigenvalue weighted by Gasteiger charge is -2.11. The number of pyridine rings is 1. The Morgan fingerprint density at radius 1 is 0.426 bits per heavy atom. The van der Waals surface area contributed by atoms with Crippen LogP contribution in [0.2, 0.25) is 0 Å². The molecule has 0 bridgehead atoms. The molecule has 11 aromatic rings. The lowest BCUT2D eigenvalue weighted by molar-refractivity contribution is 0.669. The Morgan fingerprint density at radius 2 is 1.02 bits per heavy atom. The Hall–Kier alpha value is -6.95. The number of hydrogen-bond donors (Lipinski definition) is 0. The van der Waals surface area contributed by atoms with Crippen LogP contribution in [0.15, 0.2) is 180 Å². The fourth-order valence-corrected chi connectivity index (χ4v) is 8.91. The molecule has 4 nitrogen and oxygen atoms in total. The van der Waals surface area contributed by atoms with Gasteiger partial charge in [-0.2, -0.15) is 0 Å². The van der Waals surface area contributed by atoms with Crippen LogP contribution in [0, 0.1) is 0 Å². The van der Waals surface area contributed by atoms with Crippen molar-refractivity contribution < 1.29 is 4.42 Å². The topological polar surface area (TPSA) is 51.8 Å². The van der Waals surface area contributed by atoms with E-state index in [9.17, 15) is 0 Å². The zero-order valence-corrected chi connectivity index (χ0v) is 29.7. The summed E-state index contributed by atoms with van der Waals surface area (Å²) >= 11 is 1.82. The second kappa shape index (κ2) is 12.3. The Labute approximate surface area is 314 Å². The molecule has 0 unspecified atom stereocenters. The third-order valence-electron chi connectivity index (χ3n) is 10.3. The van der Waals surface area contributed by atoms with Gasteiger partial charge in [0.1, 0.15) is 11.2 Å². The molecule has 0 atom stereocenters. The van der Waals surface area contributed by atoms with Gasteiger partial charge in [-0.3, -0.25) is 0 Å². The molecule has 0 aliphatic heterocycles. The number of furan rings is 1. The Balaban J connectivity index is 0.975. The first-order valence-corrected chi connectivity index (χ1v) is 18.8. The SMILES string of the molecule is c1ccc(-c2cc(-c3ccc(-c4ccc(-c5nc6ccccc6c6c5sc5ccccc56)cc4)cc3)nc(-c3cccc4c3oc3ccccc34)n2)cc1. The van der Waals surface area contributed by atoms with Crippen molar-refractivity contribution in [2.45, 2.75) is 0 Å². The number of para-hydroxylation sites is 3. The largest absolute Gasteiger partial charge is 0.455 e. The normalized spacial score (nSPS) is 11.7. The zero-order valence-electron chi connectivity index (χ0n) is 28.9. The van der Waals surface area contributed by atoms with Crippen molar-refractivity contribution >= 4 is 64.4 Å². The molecule has 0 fully saturated rings. The summed E-state index contributed by atoms with van der Waals surface area (Å²) in [4.78, 5) is 15.4. The average molecular weight is 708 g/mol. The van der Waals surface area contributed by atoms with Gasteiger partial charge in [0.15, 0.2) is 5.82 Å². The maximum atomic E-state index is 6.40. The van der Waals surface area contributed by atoms with Crippen molar-refractivity contribution in [1.29, 1.82) is 0 Å². The summed E-state index contributed by atoms with van der Waals surface area (Å²) in [6, 6.07) is 61.3. The first-order valence-electron chi connectivity index (χ1n) is 18.0. The molecule has 4 aromatic heterocycles. The maximum absolute atomic E-state index is 6.40. The highest BCUT2D eigenvalue weighted by atomic mass is 32.1. The summed E-state index contributed by atoms with van der Waals surface area (Å²) < 4.78 is 8.90. The van der Waals surface area contributed by atoms with E-state index in [4.69, 9.17) is 19.4 Å². The second-order valence-corrected chi connectivity index (χ2v) is 14.6. The number of hydrogen-bond acceptors (Lipinski definition) is 5. The predicted molar refractivity (Wildman–Crippen MR) is 225 cm³/mol. The number of aromatic nitrogens is 3. The summed E-state index contributed by atoms with van der Waals surface area (Å²) in [5, 5.41) is 5.90. The van der Waals surface area contributed by atoms with Gasteiger partial charge in [0.05, 0.1) is 32.9 Å². The number of fused-ring (bicyclic) bond motifs is 8. The highest BCUT2D eigenvalue weighted by Crippen LogP contribution is 2.43. The minimum atomic E-state index is 0.630. The van der Waals surface area contributed by atoms with Crippen molar-refractivity contribution in [3.05, 3.63) is 176 Å². The van der Waals surface area contributed by atoms with Crippen LogP contribution in [0.3, 0.4) is 0 Å². The number of rotatable bonds is 5. The van der Waals surface area contributed by atoms with Crippen LogP contribution in [-0.2, 0) is 0 Å². The van der Waals surface area contributed by atoms with Crippen LogP contribution in [0.1, 0.15) is 0 Å². The molecule has 252 valence electrons. The molecule has 0 radical (unpaired) electrons. The third kappa shape index (κ3) is 5.01. The standard InChI is InChI=1S/C49H29N3OS/c1-2-11-32(12-3-1)41-29-42(52-49(51-41)39-17-10-16-36-35-13-5-8-19-43(35)53-47(36)39)33-25-21-30(22-26-33)31-23-27-34(28-24-31)46-48-45(37-14-4-7-18-40(37)50-46)38-15-6-9-20-44(38)54-48/h1-29H. The van der Waals surface area contributed by atoms with Crippen LogP contribution < -0.4 is 0 Å². The van der Waals surface area contributed by atoms with E-state index in [1.165, 1.54) is 25.6 Å². The van der Waals surface area contributed by atoms with E-state index < -0.39 is 0 Å². The lowest BCUT2D eigenvalue weighted by Crippen LogP contribution is -1.96. The van der Waals surface area contributed by atoms with Crippen molar-refractivity contribution in [2.24, 2.45) is 0 Å². The van der Waals surface area contributed by atoms with E-state index in [0.29, 0.717) is 5.82 Å². The summed E-state index contributed by atoms with van der Waals surface area (Å²) in [5.41, 5.74) is 11.7. The minimum Gasteiger partial charge on any atom is -0.455 e. The van der Waals surface area contributed by atoms with E-state index >= 15 is 0 Å². The number of benzene rings is 7. The predicted octanol–water partition coefficient (Wildman–Crippen LogP) is 13.6. The van der Waals surface area contributed by atoms with Gasteiger partial charge in [-0.05, 0) is 41.5 Å². The van der Waals surface area contributed by atoms with E-state index in [1.54, 1.807) is 0 Å². The molecule has 5 heteroatoms. The summed E-state index contributed by atoms with van der Waals surface area (Å²) in [6.45, 7) is 0. The molecule has 0 spiro atoms. The van der Waals surface area contributed by atoms with Crippen LogP contribution >= 0.6 is 11.3 Å². The zero-order chi connectivity index (χ0) is 35.6. The summed E-state index contributed by atoms with van der Waals surface area (Å²) in [6.07, 6.45) is 0. The number of nitrogens with zero attached hydrogens (tertiary/aromatic N) is 3. The Kier molecular flexibility index (Phi) is 7.00.